The largest absolute Gasteiger partial charge is 0.465 e. The number of nitrogens with two attached hydrogens (primary N) is 1. The quantitative estimate of drug-likeness (QED) is 0.183. The fourth-order valence-corrected chi connectivity index (χ4v) is 6.71. The summed E-state index contributed by atoms with van der Waals surface area (Å²) in [5, 5.41) is 1.78. The Labute approximate surface area is 254 Å². The van der Waals surface area contributed by atoms with E-state index in [4.69, 9.17) is 15.2 Å². The van der Waals surface area contributed by atoms with E-state index < -0.39 is 53.0 Å². The molecule has 0 unspecified atom stereocenters. The molecule has 2 aromatic carbocycles. The van der Waals surface area contributed by atoms with E-state index in [-0.39, 0.29) is 53.5 Å². The zero-order valence-electron chi connectivity index (χ0n) is 23.7. The Bertz CT molecular complexity index is 1660. The van der Waals surface area contributed by atoms with E-state index in [0.29, 0.717) is 4.88 Å². The van der Waals surface area contributed by atoms with E-state index >= 15 is 0 Å². The van der Waals surface area contributed by atoms with Gasteiger partial charge in [-0.2, -0.15) is 13.2 Å². The van der Waals surface area contributed by atoms with Crippen LogP contribution in [-0.4, -0.2) is 30.9 Å². The Morgan fingerprint density at radius 1 is 1.02 bits per heavy atom. The summed E-state index contributed by atoms with van der Waals surface area (Å²) in [4.78, 5) is 43.5. The molecule has 3 atom stereocenters. The molecule has 2 aliphatic rings. The molecule has 44 heavy (non-hydrogen) atoms. The average Bonchev–Trinajstić information content (AvgIpc) is 3.51. The Hall–Kier alpha value is -4.45. The number of rotatable bonds is 7. The standard InChI is InChI=1S/C32H28F4N2O5S/c1-3-42-30(40)25-21(23-12-7-13-44-23)16-22-26(28(25)39)24(17-8-5-10-19(33)14-17)27(31(41)43-4-2)29(37)38(22)20-11-6-9-18(15-20)32(34,35)36/h5-15,21,24-25H,3-4,16,37H2,1-2H3/t21-,24+,25+/m1/s1. The molecule has 0 saturated heterocycles. The average molecular weight is 629 g/mol. The minimum absolute atomic E-state index is 0.00368. The number of hydrogen-bond donors (Lipinski definition) is 1. The summed E-state index contributed by atoms with van der Waals surface area (Å²) < 4.78 is 66.7. The van der Waals surface area contributed by atoms with Crippen LogP contribution in [0.15, 0.2) is 88.7 Å². The van der Waals surface area contributed by atoms with Crippen molar-refractivity contribution < 1.29 is 41.4 Å². The molecule has 3 aromatic rings. The Morgan fingerprint density at radius 3 is 2.39 bits per heavy atom. The van der Waals surface area contributed by atoms with Crippen LogP contribution in [0.2, 0.25) is 0 Å². The molecule has 0 bridgehead atoms. The Morgan fingerprint density at radius 2 is 1.75 bits per heavy atom. The molecule has 2 heterocycles. The van der Waals surface area contributed by atoms with Gasteiger partial charge >= 0.3 is 18.1 Å². The Kier molecular flexibility index (Phi) is 8.64. The molecule has 1 aromatic heterocycles. The first-order valence-electron chi connectivity index (χ1n) is 13.8. The smallest absolute Gasteiger partial charge is 0.416 e. The van der Waals surface area contributed by atoms with Gasteiger partial charge in [-0.15, -0.1) is 11.3 Å². The number of esters is 2. The lowest BCUT2D eigenvalue weighted by Crippen LogP contribution is -2.46. The molecule has 0 spiro atoms. The van der Waals surface area contributed by atoms with Crippen LogP contribution in [0.1, 0.15) is 48.1 Å². The van der Waals surface area contributed by atoms with E-state index in [2.05, 4.69) is 0 Å². The SMILES string of the molecule is CCOC(=O)C1=C(N)N(c2cccc(C(F)(F)F)c2)C2=C(C(=O)[C@@H](C(=O)OCC)[C@@H](c3cccs3)C2)[C@@H]1c1cccc(F)c1. The van der Waals surface area contributed by atoms with Gasteiger partial charge in [0.2, 0.25) is 0 Å². The first-order chi connectivity index (χ1) is 21.0. The lowest BCUT2D eigenvalue weighted by molar-refractivity contribution is -0.152. The third-order valence-electron chi connectivity index (χ3n) is 7.60. The number of halogens is 4. The van der Waals surface area contributed by atoms with Gasteiger partial charge in [0.05, 0.1) is 30.3 Å². The number of alkyl halides is 3. The highest BCUT2D eigenvalue weighted by Gasteiger charge is 2.51. The normalized spacial score (nSPS) is 20.5. The van der Waals surface area contributed by atoms with Crippen LogP contribution in [0.5, 0.6) is 0 Å². The van der Waals surface area contributed by atoms with Crippen molar-refractivity contribution in [3.05, 3.63) is 111 Å². The number of ether oxygens (including phenoxy) is 2. The van der Waals surface area contributed by atoms with Crippen molar-refractivity contribution in [3.8, 4) is 0 Å². The highest BCUT2D eigenvalue weighted by Crippen LogP contribution is 2.52. The van der Waals surface area contributed by atoms with Gasteiger partial charge in [-0.25, -0.2) is 9.18 Å². The molecular formula is C32H28F4N2O5S. The second-order valence-electron chi connectivity index (χ2n) is 10.2. The lowest BCUT2D eigenvalue weighted by atomic mass is 9.68. The topological polar surface area (TPSA) is 98.9 Å². The summed E-state index contributed by atoms with van der Waals surface area (Å²) in [5.74, 6) is -6.74. The molecule has 12 heteroatoms. The van der Waals surface area contributed by atoms with Crippen LogP contribution in [0, 0.1) is 11.7 Å². The van der Waals surface area contributed by atoms with Gasteiger partial charge in [0.15, 0.2) is 5.78 Å². The molecule has 0 saturated carbocycles. The predicted molar refractivity (Wildman–Crippen MR) is 155 cm³/mol. The summed E-state index contributed by atoms with van der Waals surface area (Å²) >= 11 is 1.31. The highest BCUT2D eigenvalue weighted by atomic mass is 32.1. The second-order valence-corrected chi connectivity index (χ2v) is 11.2. The van der Waals surface area contributed by atoms with Crippen LogP contribution in [0.3, 0.4) is 0 Å². The fourth-order valence-electron chi connectivity index (χ4n) is 5.84. The zero-order valence-corrected chi connectivity index (χ0v) is 24.5. The Balaban J connectivity index is 1.84. The van der Waals surface area contributed by atoms with E-state index in [9.17, 15) is 31.9 Å². The molecule has 5 rings (SSSR count). The zero-order chi connectivity index (χ0) is 31.8. The van der Waals surface area contributed by atoms with Crippen molar-refractivity contribution in [3.63, 3.8) is 0 Å². The van der Waals surface area contributed by atoms with Crippen molar-refractivity contribution in [2.45, 2.75) is 38.3 Å². The van der Waals surface area contributed by atoms with E-state index in [1.807, 2.05) is 0 Å². The number of allylic oxidation sites excluding steroid dienone is 2. The van der Waals surface area contributed by atoms with Crippen molar-refractivity contribution >= 4 is 34.7 Å². The predicted octanol–water partition coefficient (Wildman–Crippen LogP) is 6.43. The third kappa shape index (κ3) is 5.61. The summed E-state index contributed by atoms with van der Waals surface area (Å²) in [6, 6.07) is 13.1. The number of anilines is 1. The molecule has 0 radical (unpaired) electrons. The van der Waals surface area contributed by atoms with Gasteiger partial charge in [-0.1, -0.05) is 24.3 Å². The first-order valence-corrected chi connectivity index (χ1v) is 14.7. The number of benzene rings is 2. The fraction of sp³-hybridized carbons (Fsp3) is 0.281. The van der Waals surface area contributed by atoms with Gasteiger partial charge in [0.25, 0.3) is 0 Å². The summed E-state index contributed by atoms with van der Waals surface area (Å²) in [5.41, 5.74) is 5.66. The maximum Gasteiger partial charge on any atom is 0.416 e. The maximum atomic E-state index is 14.6. The second kappa shape index (κ2) is 12.3. The van der Waals surface area contributed by atoms with E-state index in [1.165, 1.54) is 46.6 Å². The molecular weight excluding hydrogens is 600 g/mol. The third-order valence-corrected chi connectivity index (χ3v) is 8.60. The minimum Gasteiger partial charge on any atom is -0.465 e. The van der Waals surface area contributed by atoms with E-state index in [0.717, 1.165) is 18.2 Å². The van der Waals surface area contributed by atoms with Gasteiger partial charge in [0.1, 0.15) is 17.6 Å². The number of thiophene rings is 1. The lowest BCUT2D eigenvalue weighted by Gasteiger charge is -2.44. The monoisotopic (exact) mass is 628 g/mol. The number of hydrogen-bond acceptors (Lipinski definition) is 8. The van der Waals surface area contributed by atoms with Gasteiger partial charge in [-0.05, 0) is 67.6 Å². The van der Waals surface area contributed by atoms with Gasteiger partial charge < -0.3 is 15.2 Å². The van der Waals surface area contributed by atoms with E-state index in [1.54, 1.807) is 31.4 Å². The molecule has 2 N–H and O–H groups in total. The van der Waals surface area contributed by atoms with Crippen molar-refractivity contribution in [2.24, 2.45) is 11.7 Å². The van der Waals surface area contributed by atoms with Crippen LogP contribution >= 0.6 is 11.3 Å². The number of nitrogens with zero attached hydrogens (tertiary/aromatic N) is 1. The number of carbonyl (C=O) groups excluding carboxylic acids is 3. The molecule has 7 nitrogen and oxygen atoms in total. The van der Waals surface area contributed by atoms with Crippen molar-refractivity contribution in [1.82, 2.24) is 0 Å². The number of ketones is 1. The minimum atomic E-state index is -4.70. The van der Waals surface area contributed by atoms with Crippen LogP contribution in [0.4, 0.5) is 23.2 Å². The maximum absolute atomic E-state index is 14.6. The molecule has 0 fully saturated rings. The number of carbonyl (C=O) groups is 3. The molecule has 230 valence electrons. The van der Waals surface area contributed by atoms with Crippen molar-refractivity contribution in [1.29, 1.82) is 0 Å². The number of Topliss-reactive ketones (excluding diaryl/α,β-unsaturated/α-hetero) is 1. The van der Waals surface area contributed by atoms with Gasteiger partial charge in [-0.3, -0.25) is 14.5 Å². The summed E-state index contributed by atoms with van der Waals surface area (Å²) in [6.07, 6.45) is -4.73. The van der Waals surface area contributed by atoms with Crippen molar-refractivity contribution in [2.75, 3.05) is 18.1 Å². The highest BCUT2D eigenvalue weighted by molar-refractivity contribution is 7.10. The van der Waals surface area contributed by atoms with Crippen LogP contribution < -0.4 is 10.6 Å². The first kappa shape index (κ1) is 31.0. The molecule has 1 aliphatic carbocycles. The summed E-state index contributed by atoms with van der Waals surface area (Å²) in [7, 11) is 0. The molecule has 0 amide bonds. The van der Waals surface area contributed by atoms with Crippen LogP contribution in [-0.2, 0) is 30.0 Å². The van der Waals surface area contributed by atoms with Crippen LogP contribution in [0.25, 0.3) is 0 Å². The summed E-state index contributed by atoms with van der Waals surface area (Å²) in [6.45, 7) is 3.07. The molecule has 1 aliphatic heterocycles. The van der Waals surface area contributed by atoms with Gasteiger partial charge in [0, 0.05) is 27.8 Å².